The Bertz CT molecular complexity index is 740. The average molecular weight is 383 g/mol. The summed E-state index contributed by atoms with van der Waals surface area (Å²) in [6, 6.07) is 17.0. The number of hydrogen-bond acceptors (Lipinski definition) is 4. The third-order valence-electron chi connectivity index (χ3n) is 4.68. The van der Waals surface area contributed by atoms with Gasteiger partial charge in [0, 0.05) is 18.8 Å². The van der Waals surface area contributed by atoms with Gasteiger partial charge in [-0.1, -0.05) is 43.7 Å². The Balaban J connectivity index is 1.90. The van der Waals surface area contributed by atoms with Crippen LogP contribution in [0.4, 0.5) is 5.69 Å². The number of rotatable bonds is 10. The second-order valence-corrected chi connectivity index (χ2v) is 6.61. The topological polar surface area (TPSA) is 58.6 Å². The molecule has 0 heterocycles. The lowest BCUT2D eigenvalue weighted by Gasteiger charge is -2.21. The number of carbonyl (C=O) groups is 2. The summed E-state index contributed by atoms with van der Waals surface area (Å²) < 4.78 is 5.19. The Morgan fingerprint density at radius 2 is 1.61 bits per heavy atom. The molecule has 150 valence electrons. The maximum absolute atomic E-state index is 12.3. The van der Waals surface area contributed by atoms with E-state index in [4.69, 9.17) is 4.74 Å². The molecule has 1 atom stereocenters. The van der Waals surface area contributed by atoms with Crippen LogP contribution < -0.4 is 10.2 Å². The summed E-state index contributed by atoms with van der Waals surface area (Å²) >= 11 is 0. The van der Waals surface area contributed by atoms with Crippen molar-refractivity contribution in [3.05, 3.63) is 65.7 Å². The minimum absolute atomic E-state index is 0.0780. The van der Waals surface area contributed by atoms with Crippen molar-refractivity contribution < 1.29 is 14.3 Å². The first-order valence-corrected chi connectivity index (χ1v) is 9.95. The van der Waals surface area contributed by atoms with Gasteiger partial charge in [0.1, 0.15) is 0 Å². The van der Waals surface area contributed by atoms with Crippen molar-refractivity contribution in [1.29, 1.82) is 0 Å². The molecule has 5 heteroatoms. The standard InChI is InChI=1S/C23H30N2O3/c1-4-10-21(18-11-8-7-9-12-18)24-22(26)17-28-23(27)19-13-15-20(16-14-19)25(5-2)6-3/h7-9,11-16,21H,4-6,10,17H2,1-3H3,(H,24,26)/t21-/m1/s1. The second kappa shape index (κ2) is 11.1. The Kier molecular flexibility index (Phi) is 8.53. The highest BCUT2D eigenvalue weighted by atomic mass is 16.5. The molecule has 0 saturated carbocycles. The second-order valence-electron chi connectivity index (χ2n) is 6.61. The van der Waals surface area contributed by atoms with E-state index < -0.39 is 5.97 Å². The van der Waals surface area contributed by atoms with Crippen LogP contribution in [-0.4, -0.2) is 31.6 Å². The zero-order valence-electron chi connectivity index (χ0n) is 17.0. The highest BCUT2D eigenvalue weighted by Crippen LogP contribution is 2.18. The molecule has 2 aromatic carbocycles. The molecule has 0 aliphatic rings. The number of amides is 1. The third-order valence-corrected chi connectivity index (χ3v) is 4.68. The summed E-state index contributed by atoms with van der Waals surface area (Å²) in [4.78, 5) is 26.7. The van der Waals surface area contributed by atoms with Crippen molar-refractivity contribution in [2.75, 3.05) is 24.6 Å². The molecule has 1 amide bonds. The van der Waals surface area contributed by atoms with E-state index in [9.17, 15) is 9.59 Å². The normalized spacial score (nSPS) is 11.5. The molecule has 0 aliphatic heterocycles. The number of anilines is 1. The zero-order valence-corrected chi connectivity index (χ0v) is 17.0. The number of ether oxygens (including phenoxy) is 1. The summed E-state index contributed by atoms with van der Waals surface area (Å²) in [6.07, 6.45) is 1.77. The van der Waals surface area contributed by atoms with Crippen LogP contribution in [0.25, 0.3) is 0 Å². The fraction of sp³-hybridized carbons (Fsp3) is 0.391. The summed E-state index contributed by atoms with van der Waals surface area (Å²) in [5.74, 6) is -0.789. The molecular weight excluding hydrogens is 352 g/mol. The predicted molar refractivity (Wildman–Crippen MR) is 113 cm³/mol. The van der Waals surface area contributed by atoms with Crippen LogP contribution in [-0.2, 0) is 9.53 Å². The van der Waals surface area contributed by atoms with Gasteiger partial charge >= 0.3 is 5.97 Å². The first kappa shape index (κ1) is 21.5. The van der Waals surface area contributed by atoms with Gasteiger partial charge in [0.05, 0.1) is 11.6 Å². The minimum Gasteiger partial charge on any atom is -0.452 e. The van der Waals surface area contributed by atoms with Crippen molar-refractivity contribution >= 4 is 17.6 Å². The van der Waals surface area contributed by atoms with Crippen LogP contribution in [0.3, 0.4) is 0 Å². The molecule has 0 spiro atoms. The van der Waals surface area contributed by atoms with E-state index in [0.29, 0.717) is 5.56 Å². The fourth-order valence-electron chi connectivity index (χ4n) is 3.14. The van der Waals surface area contributed by atoms with Gasteiger partial charge in [0.15, 0.2) is 6.61 Å². The number of esters is 1. The first-order chi connectivity index (χ1) is 13.6. The van der Waals surface area contributed by atoms with Gasteiger partial charge in [-0.25, -0.2) is 4.79 Å². The van der Waals surface area contributed by atoms with Crippen LogP contribution in [0.5, 0.6) is 0 Å². The molecule has 28 heavy (non-hydrogen) atoms. The summed E-state index contributed by atoms with van der Waals surface area (Å²) in [5, 5.41) is 2.96. The van der Waals surface area contributed by atoms with Crippen LogP contribution >= 0.6 is 0 Å². The fourth-order valence-corrected chi connectivity index (χ4v) is 3.14. The molecule has 0 bridgehead atoms. The quantitative estimate of drug-likeness (QED) is 0.621. The Morgan fingerprint density at radius 1 is 0.964 bits per heavy atom. The van der Waals surface area contributed by atoms with Gasteiger partial charge in [0.2, 0.25) is 0 Å². The van der Waals surface area contributed by atoms with Gasteiger partial charge in [-0.3, -0.25) is 4.79 Å². The summed E-state index contributed by atoms with van der Waals surface area (Å²) in [5.41, 5.74) is 2.55. The Labute approximate surface area is 167 Å². The van der Waals surface area contributed by atoms with Crippen LogP contribution in [0, 0.1) is 0 Å². The minimum atomic E-state index is -0.493. The van der Waals surface area contributed by atoms with E-state index in [0.717, 1.165) is 37.2 Å². The molecule has 0 unspecified atom stereocenters. The van der Waals surface area contributed by atoms with E-state index in [-0.39, 0.29) is 18.6 Å². The number of benzene rings is 2. The molecule has 0 fully saturated rings. The number of carbonyl (C=O) groups excluding carboxylic acids is 2. The largest absolute Gasteiger partial charge is 0.452 e. The maximum Gasteiger partial charge on any atom is 0.338 e. The molecular formula is C23H30N2O3. The van der Waals surface area contributed by atoms with Crippen LogP contribution in [0.1, 0.15) is 55.6 Å². The number of nitrogens with zero attached hydrogens (tertiary/aromatic N) is 1. The first-order valence-electron chi connectivity index (χ1n) is 9.95. The number of hydrogen-bond donors (Lipinski definition) is 1. The van der Waals surface area contributed by atoms with Crippen LogP contribution in [0.2, 0.25) is 0 Å². The van der Waals surface area contributed by atoms with E-state index in [1.165, 1.54) is 0 Å². The van der Waals surface area contributed by atoms with E-state index in [1.807, 2.05) is 42.5 Å². The lowest BCUT2D eigenvalue weighted by Crippen LogP contribution is -2.32. The Hall–Kier alpha value is -2.82. The van der Waals surface area contributed by atoms with Crippen molar-refractivity contribution in [1.82, 2.24) is 5.32 Å². The monoisotopic (exact) mass is 382 g/mol. The van der Waals surface area contributed by atoms with Gasteiger partial charge in [0.25, 0.3) is 5.91 Å². The van der Waals surface area contributed by atoms with Gasteiger partial charge in [-0.15, -0.1) is 0 Å². The number of nitrogens with one attached hydrogen (secondary N) is 1. The molecule has 0 aromatic heterocycles. The highest BCUT2D eigenvalue weighted by molar-refractivity contribution is 5.91. The molecule has 1 N–H and O–H groups in total. The molecule has 0 radical (unpaired) electrons. The average Bonchev–Trinajstić information content (AvgIpc) is 2.73. The molecule has 5 nitrogen and oxygen atoms in total. The lowest BCUT2D eigenvalue weighted by atomic mass is 10.0. The van der Waals surface area contributed by atoms with Gasteiger partial charge in [-0.2, -0.15) is 0 Å². The van der Waals surface area contributed by atoms with E-state index in [1.54, 1.807) is 12.1 Å². The Morgan fingerprint density at radius 3 is 2.18 bits per heavy atom. The predicted octanol–water partition coefficient (Wildman–Crippen LogP) is 4.35. The molecule has 2 rings (SSSR count). The summed E-state index contributed by atoms with van der Waals surface area (Å²) in [7, 11) is 0. The van der Waals surface area contributed by atoms with Gasteiger partial charge < -0.3 is 15.0 Å². The van der Waals surface area contributed by atoms with Crippen molar-refractivity contribution in [2.45, 2.75) is 39.7 Å². The SMILES string of the molecule is CCC[C@@H](NC(=O)COC(=O)c1ccc(N(CC)CC)cc1)c1ccccc1. The van der Waals surface area contributed by atoms with Gasteiger partial charge in [-0.05, 0) is 50.1 Å². The summed E-state index contributed by atoms with van der Waals surface area (Å²) in [6.45, 7) is 7.77. The van der Waals surface area contributed by atoms with Crippen LogP contribution in [0.15, 0.2) is 54.6 Å². The maximum atomic E-state index is 12.3. The van der Waals surface area contributed by atoms with E-state index >= 15 is 0 Å². The lowest BCUT2D eigenvalue weighted by molar-refractivity contribution is -0.125. The van der Waals surface area contributed by atoms with Crippen molar-refractivity contribution in [2.24, 2.45) is 0 Å². The molecule has 0 aliphatic carbocycles. The molecule has 0 saturated heterocycles. The van der Waals surface area contributed by atoms with E-state index in [2.05, 4.69) is 31.0 Å². The highest BCUT2D eigenvalue weighted by Gasteiger charge is 2.16. The van der Waals surface area contributed by atoms with Crippen molar-refractivity contribution in [3.8, 4) is 0 Å². The third kappa shape index (κ3) is 6.12. The zero-order chi connectivity index (χ0) is 20.4. The van der Waals surface area contributed by atoms with Crippen molar-refractivity contribution in [3.63, 3.8) is 0 Å². The smallest absolute Gasteiger partial charge is 0.338 e. The molecule has 2 aromatic rings.